The average molecular weight is 376 g/mol. The van der Waals surface area contributed by atoms with Gasteiger partial charge in [0.05, 0.1) is 17.9 Å². The molecule has 0 aromatic heterocycles. The number of ether oxygens (including phenoxy) is 2. The Balaban J connectivity index is 1.66. The molecule has 0 saturated heterocycles. The van der Waals surface area contributed by atoms with Gasteiger partial charge in [0.1, 0.15) is 11.5 Å². The molecule has 26 heavy (non-hydrogen) atoms. The average Bonchev–Trinajstić information content (AvgIpc) is 2.62. The molecule has 136 valence electrons. The van der Waals surface area contributed by atoms with Gasteiger partial charge in [0.15, 0.2) is 6.10 Å². The van der Waals surface area contributed by atoms with Gasteiger partial charge in [-0.05, 0) is 55.8 Å². The normalized spacial score (nSPS) is 16.0. The van der Waals surface area contributed by atoms with Crippen molar-refractivity contribution in [3.8, 4) is 11.5 Å². The van der Waals surface area contributed by atoms with Crippen molar-refractivity contribution in [2.24, 2.45) is 0 Å². The zero-order valence-electron chi connectivity index (χ0n) is 14.1. The van der Waals surface area contributed by atoms with Crippen molar-refractivity contribution in [2.75, 3.05) is 18.1 Å². The minimum atomic E-state index is -1.04. The lowest BCUT2D eigenvalue weighted by Gasteiger charge is -2.33. The Hall–Kier alpha value is -2.73. The minimum Gasteiger partial charge on any atom is -0.494 e. The first-order chi connectivity index (χ1) is 12.5. The lowest BCUT2D eigenvalue weighted by atomic mass is 10.1. The van der Waals surface area contributed by atoms with Crippen molar-refractivity contribution < 1.29 is 24.2 Å². The van der Waals surface area contributed by atoms with Crippen LogP contribution < -0.4 is 14.4 Å². The van der Waals surface area contributed by atoms with Crippen LogP contribution in [0.4, 0.5) is 5.69 Å². The standard InChI is InChI=1S/C19H18ClNO5/c1-12-18(22)21(9-2-10-25-15-6-4-14(20)5-7-15)16-8-3-13(19(23)24)11-17(16)26-12/h3-8,11-12H,2,9-10H2,1H3,(H,23,24). The molecule has 2 aromatic rings. The second-order valence-corrected chi connectivity index (χ2v) is 6.33. The number of benzene rings is 2. The van der Waals surface area contributed by atoms with Crippen LogP contribution in [0.3, 0.4) is 0 Å². The van der Waals surface area contributed by atoms with Crippen molar-refractivity contribution in [2.45, 2.75) is 19.4 Å². The van der Waals surface area contributed by atoms with Crippen LogP contribution in [0, 0.1) is 0 Å². The Labute approximate surface area is 155 Å². The Morgan fingerprint density at radius 3 is 2.69 bits per heavy atom. The smallest absolute Gasteiger partial charge is 0.335 e. The molecule has 1 amide bonds. The highest BCUT2D eigenvalue weighted by molar-refractivity contribution is 6.30. The minimum absolute atomic E-state index is 0.122. The number of halogens is 1. The third-order valence-electron chi connectivity index (χ3n) is 4.02. The Morgan fingerprint density at radius 1 is 1.27 bits per heavy atom. The molecule has 7 heteroatoms. The molecule has 1 aliphatic rings. The predicted molar refractivity (Wildman–Crippen MR) is 97.4 cm³/mol. The van der Waals surface area contributed by atoms with Gasteiger partial charge >= 0.3 is 5.97 Å². The molecular weight excluding hydrogens is 358 g/mol. The Morgan fingerprint density at radius 2 is 2.00 bits per heavy atom. The largest absolute Gasteiger partial charge is 0.494 e. The lowest BCUT2D eigenvalue weighted by Crippen LogP contribution is -2.45. The molecule has 0 saturated carbocycles. The van der Waals surface area contributed by atoms with Crippen LogP contribution in [-0.4, -0.2) is 36.2 Å². The summed E-state index contributed by atoms with van der Waals surface area (Å²) in [6.45, 7) is 2.53. The highest BCUT2D eigenvalue weighted by atomic mass is 35.5. The number of aromatic carboxylic acids is 1. The van der Waals surface area contributed by atoms with E-state index in [-0.39, 0.29) is 11.5 Å². The maximum Gasteiger partial charge on any atom is 0.335 e. The number of hydrogen-bond acceptors (Lipinski definition) is 4. The quantitative estimate of drug-likeness (QED) is 0.780. The molecule has 1 heterocycles. The van der Waals surface area contributed by atoms with Crippen molar-refractivity contribution in [3.63, 3.8) is 0 Å². The summed E-state index contributed by atoms with van der Waals surface area (Å²) in [6, 6.07) is 11.6. The summed E-state index contributed by atoms with van der Waals surface area (Å²) in [5, 5.41) is 9.75. The number of carbonyl (C=O) groups is 2. The highest BCUT2D eigenvalue weighted by Crippen LogP contribution is 2.35. The van der Waals surface area contributed by atoms with E-state index >= 15 is 0 Å². The SMILES string of the molecule is CC1Oc2cc(C(=O)O)ccc2N(CCCOc2ccc(Cl)cc2)C1=O. The molecule has 0 aliphatic carbocycles. The summed E-state index contributed by atoms with van der Waals surface area (Å²) in [7, 11) is 0. The third kappa shape index (κ3) is 3.91. The summed E-state index contributed by atoms with van der Waals surface area (Å²) < 4.78 is 11.2. The van der Waals surface area contributed by atoms with Crippen LogP contribution in [0.15, 0.2) is 42.5 Å². The number of carbonyl (C=O) groups excluding carboxylic acids is 1. The molecule has 2 aromatic carbocycles. The Bertz CT molecular complexity index is 821. The van der Waals surface area contributed by atoms with Gasteiger partial charge in [-0.3, -0.25) is 4.79 Å². The van der Waals surface area contributed by atoms with Gasteiger partial charge in [0, 0.05) is 11.6 Å². The van der Waals surface area contributed by atoms with Gasteiger partial charge in [0.2, 0.25) is 0 Å². The zero-order valence-corrected chi connectivity index (χ0v) is 14.9. The second-order valence-electron chi connectivity index (χ2n) is 5.89. The van der Waals surface area contributed by atoms with Crippen LogP contribution in [0.2, 0.25) is 5.02 Å². The van der Waals surface area contributed by atoms with Crippen molar-refractivity contribution in [3.05, 3.63) is 53.1 Å². The van der Waals surface area contributed by atoms with E-state index in [1.165, 1.54) is 12.1 Å². The summed E-state index contributed by atoms with van der Waals surface area (Å²) >= 11 is 5.83. The highest BCUT2D eigenvalue weighted by Gasteiger charge is 2.31. The number of rotatable bonds is 6. The van der Waals surface area contributed by atoms with Gasteiger partial charge in [0.25, 0.3) is 5.91 Å². The molecule has 1 aliphatic heterocycles. The molecule has 1 atom stereocenters. The van der Waals surface area contributed by atoms with Crippen LogP contribution in [0.25, 0.3) is 0 Å². The number of fused-ring (bicyclic) bond motifs is 1. The molecule has 0 radical (unpaired) electrons. The maximum absolute atomic E-state index is 12.4. The topological polar surface area (TPSA) is 76.1 Å². The molecular formula is C19H18ClNO5. The molecule has 1 N–H and O–H groups in total. The zero-order chi connectivity index (χ0) is 18.7. The van der Waals surface area contributed by atoms with Gasteiger partial charge in [-0.15, -0.1) is 0 Å². The number of anilines is 1. The van der Waals surface area contributed by atoms with E-state index in [1.54, 1.807) is 42.2 Å². The van der Waals surface area contributed by atoms with Crippen LogP contribution in [-0.2, 0) is 4.79 Å². The van der Waals surface area contributed by atoms with E-state index < -0.39 is 12.1 Å². The van der Waals surface area contributed by atoms with Crippen molar-refractivity contribution in [1.82, 2.24) is 0 Å². The Kier molecular flexibility index (Phi) is 5.32. The maximum atomic E-state index is 12.4. The number of carboxylic acid groups (broad SMARTS) is 1. The molecule has 0 spiro atoms. The fourth-order valence-electron chi connectivity index (χ4n) is 2.72. The molecule has 3 rings (SSSR count). The fraction of sp³-hybridized carbons (Fsp3) is 0.263. The van der Waals surface area contributed by atoms with Crippen molar-refractivity contribution in [1.29, 1.82) is 0 Å². The number of hydrogen-bond donors (Lipinski definition) is 1. The number of amides is 1. The van der Waals surface area contributed by atoms with Crippen molar-refractivity contribution >= 4 is 29.2 Å². The molecule has 1 unspecified atom stereocenters. The van der Waals surface area contributed by atoms with E-state index in [1.807, 2.05) is 0 Å². The molecule has 6 nitrogen and oxygen atoms in total. The van der Waals surface area contributed by atoms with E-state index in [0.717, 1.165) is 0 Å². The monoisotopic (exact) mass is 375 g/mol. The fourth-order valence-corrected chi connectivity index (χ4v) is 2.84. The van der Waals surface area contributed by atoms with Gasteiger partial charge in [-0.2, -0.15) is 0 Å². The first-order valence-corrected chi connectivity index (χ1v) is 8.57. The number of nitrogens with zero attached hydrogens (tertiary/aromatic N) is 1. The van der Waals surface area contributed by atoms with Gasteiger partial charge in [-0.25, -0.2) is 4.79 Å². The lowest BCUT2D eigenvalue weighted by molar-refractivity contribution is -0.125. The molecule has 0 fully saturated rings. The summed E-state index contributed by atoms with van der Waals surface area (Å²) in [5.74, 6) is -0.0888. The van der Waals surface area contributed by atoms with E-state index in [2.05, 4.69) is 0 Å². The van der Waals surface area contributed by atoms with E-state index in [0.29, 0.717) is 41.8 Å². The third-order valence-corrected chi connectivity index (χ3v) is 4.28. The van der Waals surface area contributed by atoms with Gasteiger partial charge in [-0.1, -0.05) is 11.6 Å². The van der Waals surface area contributed by atoms with Crippen LogP contribution in [0.5, 0.6) is 11.5 Å². The first kappa shape index (κ1) is 18.1. The van der Waals surface area contributed by atoms with Crippen LogP contribution >= 0.6 is 11.6 Å². The van der Waals surface area contributed by atoms with E-state index in [9.17, 15) is 9.59 Å². The van der Waals surface area contributed by atoms with E-state index in [4.69, 9.17) is 26.2 Å². The second kappa shape index (κ2) is 7.66. The van der Waals surface area contributed by atoms with Crippen LogP contribution in [0.1, 0.15) is 23.7 Å². The number of carboxylic acids is 1. The predicted octanol–water partition coefficient (Wildman–Crippen LogP) is 3.62. The molecule has 0 bridgehead atoms. The summed E-state index contributed by atoms with van der Waals surface area (Å²) in [6.07, 6.45) is -0.0509. The summed E-state index contributed by atoms with van der Waals surface area (Å²) in [4.78, 5) is 25.2. The first-order valence-electron chi connectivity index (χ1n) is 8.19. The van der Waals surface area contributed by atoms with Gasteiger partial charge < -0.3 is 19.5 Å². The summed E-state index contributed by atoms with van der Waals surface area (Å²) in [5.41, 5.74) is 0.695.